The van der Waals surface area contributed by atoms with Gasteiger partial charge in [0.2, 0.25) is 0 Å². The van der Waals surface area contributed by atoms with Gasteiger partial charge in [0.25, 0.3) is 0 Å². The smallest absolute Gasteiger partial charge is 0.186 e. The normalized spacial score (nSPS) is 39.9. The van der Waals surface area contributed by atoms with Gasteiger partial charge in [-0.15, -0.1) is 0 Å². The van der Waals surface area contributed by atoms with E-state index in [4.69, 9.17) is 23.7 Å². The zero-order valence-electron chi connectivity index (χ0n) is 10.1. The highest BCUT2D eigenvalue weighted by Gasteiger charge is 2.46. The predicted molar refractivity (Wildman–Crippen MR) is 55.1 cm³/mol. The van der Waals surface area contributed by atoms with E-state index in [0.717, 1.165) is 0 Å². The van der Waals surface area contributed by atoms with Crippen LogP contribution in [0.25, 0.3) is 0 Å². The second-order valence-electron chi connectivity index (χ2n) is 3.63. The topological polar surface area (TPSA) is 66.4 Å². The number of hydrogen-bond acceptors (Lipinski definition) is 6. The van der Waals surface area contributed by atoms with Gasteiger partial charge in [-0.1, -0.05) is 0 Å². The van der Waals surface area contributed by atoms with Gasteiger partial charge in [0.15, 0.2) is 6.29 Å². The molecule has 1 N–H and O–H groups in total. The summed E-state index contributed by atoms with van der Waals surface area (Å²) in [5, 5.41) is 10.1. The first-order valence-corrected chi connectivity index (χ1v) is 5.10. The number of aliphatic hydroxyl groups excluding tert-OH is 1. The first-order valence-electron chi connectivity index (χ1n) is 5.10. The van der Waals surface area contributed by atoms with Crippen LogP contribution in [0.5, 0.6) is 0 Å². The zero-order valence-corrected chi connectivity index (χ0v) is 10.1. The lowest BCUT2D eigenvalue weighted by molar-refractivity contribution is -0.303. The van der Waals surface area contributed by atoms with Crippen molar-refractivity contribution in [2.24, 2.45) is 0 Å². The lowest BCUT2D eigenvalue weighted by Gasteiger charge is -2.42. The van der Waals surface area contributed by atoms with Crippen LogP contribution in [0.15, 0.2) is 0 Å². The summed E-state index contributed by atoms with van der Waals surface area (Å²) in [5.41, 5.74) is 0. The fourth-order valence-electron chi connectivity index (χ4n) is 1.92. The van der Waals surface area contributed by atoms with Crippen molar-refractivity contribution in [2.75, 3.05) is 35.0 Å². The molecule has 6 nitrogen and oxygen atoms in total. The van der Waals surface area contributed by atoms with E-state index in [2.05, 4.69) is 0 Å². The molecule has 1 heterocycles. The summed E-state index contributed by atoms with van der Waals surface area (Å²) in [6, 6.07) is 0. The van der Waals surface area contributed by atoms with Crippen LogP contribution < -0.4 is 0 Å². The van der Waals surface area contributed by atoms with Crippen molar-refractivity contribution in [3.63, 3.8) is 0 Å². The molecule has 0 unspecified atom stereocenters. The van der Waals surface area contributed by atoms with Crippen LogP contribution in [0.4, 0.5) is 0 Å². The maximum Gasteiger partial charge on any atom is 0.186 e. The SMILES string of the molecule is COC[C@H]1O[C@H](OC)[C@H](OC)[C@@H](O)[C@@H]1OC. The Balaban J connectivity index is 2.75. The van der Waals surface area contributed by atoms with Crippen LogP contribution in [-0.4, -0.2) is 70.9 Å². The molecular weight excluding hydrogens is 216 g/mol. The van der Waals surface area contributed by atoms with E-state index in [1.807, 2.05) is 0 Å². The van der Waals surface area contributed by atoms with Crippen molar-refractivity contribution >= 4 is 0 Å². The Labute approximate surface area is 95.4 Å². The standard InChI is InChI=1S/C10H20O6/c1-12-5-6-8(13-2)7(11)9(14-3)10(15-4)16-6/h6-11H,5H2,1-4H3/t6-,7+,8-,9-,10+/m1/s1. The lowest BCUT2D eigenvalue weighted by atomic mass is 9.99. The second-order valence-corrected chi connectivity index (χ2v) is 3.63. The Morgan fingerprint density at radius 2 is 1.62 bits per heavy atom. The first-order chi connectivity index (χ1) is 7.69. The number of ether oxygens (including phenoxy) is 5. The molecule has 0 aromatic rings. The maximum absolute atomic E-state index is 10.1. The Morgan fingerprint density at radius 3 is 2.06 bits per heavy atom. The summed E-state index contributed by atoms with van der Waals surface area (Å²) in [6.07, 6.45) is -2.86. The van der Waals surface area contributed by atoms with Crippen molar-refractivity contribution in [1.82, 2.24) is 0 Å². The number of aliphatic hydroxyl groups is 1. The minimum Gasteiger partial charge on any atom is -0.387 e. The third-order valence-electron chi connectivity index (χ3n) is 2.72. The summed E-state index contributed by atoms with van der Waals surface area (Å²) in [5.74, 6) is 0. The second kappa shape index (κ2) is 6.48. The first kappa shape index (κ1) is 13.8. The fraction of sp³-hybridized carbons (Fsp3) is 1.00. The molecule has 0 amide bonds. The van der Waals surface area contributed by atoms with E-state index < -0.39 is 24.6 Å². The monoisotopic (exact) mass is 236 g/mol. The van der Waals surface area contributed by atoms with E-state index in [-0.39, 0.29) is 6.10 Å². The lowest BCUT2D eigenvalue weighted by Crippen LogP contribution is -2.60. The third kappa shape index (κ3) is 2.71. The molecule has 96 valence electrons. The van der Waals surface area contributed by atoms with Crippen molar-refractivity contribution in [3.8, 4) is 0 Å². The van der Waals surface area contributed by atoms with Crippen molar-refractivity contribution < 1.29 is 28.8 Å². The summed E-state index contributed by atoms with van der Waals surface area (Å²) >= 11 is 0. The number of methoxy groups -OCH3 is 4. The number of hydrogen-bond donors (Lipinski definition) is 1. The molecule has 0 bridgehead atoms. The molecule has 1 aliphatic rings. The third-order valence-corrected chi connectivity index (χ3v) is 2.72. The van der Waals surface area contributed by atoms with Gasteiger partial charge in [-0.2, -0.15) is 0 Å². The van der Waals surface area contributed by atoms with Crippen molar-refractivity contribution in [3.05, 3.63) is 0 Å². The molecule has 1 saturated heterocycles. The molecule has 16 heavy (non-hydrogen) atoms. The summed E-state index contributed by atoms with van der Waals surface area (Å²) < 4.78 is 26.1. The highest BCUT2D eigenvalue weighted by molar-refractivity contribution is 4.90. The molecule has 0 radical (unpaired) electrons. The molecular formula is C10H20O6. The van der Waals surface area contributed by atoms with E-state index >= 15 is 0 Å². The molecule has 0 spiro atoms. The molecule has 0 aliphatic carbocycles. The van der Waals surface area contributed by atoms with Crippen LogP contribution >= 0.6 is 0 Å². The summed E-state index contributed by atoms with van der Waals surface area (Å²) in [6.45, 7) is 0.325. The Morgan fingerprint density at radius 1 is 1.00 bits per heavy atom. The fourth-order valence-corrected chi connectivity index (χ4v) is 1.92. The van der Waals surface area contributed by atoms with Gasteiger partial charge in [-0.3, -0.25) is 0 Å². The minimum absolute atomic E-state index is 0.325. The Kier molecular flexibility index (Phi) is 5.60. The van der Waals surface area contributed by atoms with E-state index in [1.165, 1.54) is 21.3 Å². The predicted octanol–water partition coefficient (Wildman–Crippen LogP) is -0.605. The van der Waals surface area contributed by atoms with E-state index in [1.54, 1.807) is 7.11 Å². The van der Waals surface area contributed by atoms with Gasteiger partial charge < -0.3 is 28.8 Å². The van der Waals surface area contributed by atoms with Gasteiger partial charge in [-0.05, 0) is 0 Å². The van der Waals surface area contributed by atoms with Gasteiger partial charge in [0, 0.05) is 28.4 Å². The average molecular weight is 236 g/mol. The van der Waals surface area contributed by atoms with Crippen molar-refractivity contribution in [1.29, 1.82) is 0 Å². The van der Waals surface area contributed by atoms with Crippen molar-refractivity contribution in [2.45, 2.75) is 30.7 Å². The van der Waals surface area contributed by atoms with Gasteiger partial charge in [0.1, 0.15) is 24.4 Å². The van der Waals surface area contributed by atoms with Gasteiger partial charge in [-0.25, -0.2) is 0 Å². The largest absolute Gasteiger partial charge is 0.387 e. The number of rotatable bonds is 5. The van der Waals surface area contributed by atoms with E-state index in [9.17, 15) is 5.11 Å². The van der Waals surface area contributed by atoms with E-state index in [0.29, 0.717) is 6.61 Å². The molecule has 0 aromatic carbocycles. The maximum atomic E-state index is 10.1. The summed E-state index contributed by atoms with van der Waals surface area (Å²) in [7, 11) is 6.07. The van der Waals surface area contributed by atoms with Crippen LogP contribution in [-0.2, 0) is 23.7 Å². The minimum atomic E-state index is -0.811. The summed E-state index contributed by atoms with van der Waals surface area (Å²) in [4.78, 5) is 0. The molecule has 6 heteroatoms. The van der Waals surface area contributed by atoms with Crippen LogP contribution in [0.3, 0.4) is 0 Å². The van der Waals surface area contributed by atoms with Gasteiger partial charge in [0.05, 0.1) is 6.61 Å². The zero-order chi connectivity index (χ0) is 12.1. The van der Waals surface area contributed by atoms with Crippen LogP contribution in [0.2, 0.25) is 0 Å². The average Bonchev–Trinajstić information content (AvgIpc) is 2.29. The molecule has 1 aliphatic heterocycles. The molecule has 5 atom stereocenters. The van der Waals surface area contributed by atoms with Crippen LogP contribution in [0, 0.1) is 0 Å². The molecule has 1 rings (SSSR count). The molecule has 0 saturated carbocycles. The highest BCUT2D eigenvalue weighted by atomic mass is 16.7. The Hall–Kier alpha value is -0.240. The van der Waals surface area contributed by atoms with Crippen LogP contribution in [0.1, 0.15) is 0 Å². The molecule has 1 fully saturated rings. The Bertz CT molecular complexity index is 198. The quantitative estimate of drug-likeness (QED) is 0.687. The van der Waals surface area contributed by atoms with Gasteiger partial charge >= 0.3 is 0 Å². The molecule has 0 aromatic heterocycles. The highest BCUT2D eigenvalue weighted by Crippen LogP contribution is 2.25.